The van der Waals surface area contributed by atoms with Gasteiger partial charge in [-0.3, -0.25) is 4.79 Å². The molecular weight excluding hydrogens is 286 g/mol. The molecule has 0 aromatic carbocycles. The molecule has 1 N–H and O–H groups in total. The molecule has 0 saturated heterocycles. The molecule has 3 nitrogen and oxygen atoms in total. The average molecular weight is 320 g/mol. The van der Waals surface area contributed by atoms with E-state index < -0.39 is 5.97 Å². The van der Waals surface area contributed by atoms with Gasteiger partial charge in [0.05, 0.1) is 0 Å². The number of pyridine rings is 1. The van der Waals surface area contributed by atoms with E-state index in [1.165, 1.54) is 64.2 Å². The molecule has 0 aliphatic carbocycles. The molecule has 0 radical (unpaired) electrons. The second-order valence-corrected chi connectivity index (χ2v) is 6.50. The number of aromatic nitrogens is 1. The van der Waals surface area contributed by atoms with E-state index in [2.05, 4.69) is 35.2 Å². The van der Waals surface area contributed by atoms with Crippen LogP contribution in [0.1, 0.15) is 83.5 Å². The van der Waals surface area contributed by atoms with Crippen LogP contribution in [0.15, 0.2) is 30.6 Å². The van der Waals surface area contributed by atoms with Crippen LogP contribution in [0.2, 0.25) is 0 Å². The van der Waals surface area contributed by atoms with Gasteiger partial charge in [0.2, 0.25) is 0 Å². The van der Waals surface area contributed by atoms with Crippen LogP contribution < -0.4 is 4.57 Å². The number of carboxylic acid groups (broad SMARTS) is 1. The Kier molecular flexibility index (Phi) is 12.2. The zero-order valence-corrected chi connectivity index (χ0v) is 14.6. The predicted octanol–water partition coefficient (Wildman–Crippen LogP) is 5.13. The molecule has 23 heavy (non-hydrogen) atoms. The van der Waals surface area contributed by atoms with E-state index in [1.54, 1.807) is 0 Å². The van der Waals surface area contributed by atoms with Gasteiger partial charge in [0.15, 0.2) is 12.4 Å². The van der Waals surface area contributed by atoms with Gasteiger partial charge in [0.25, 0.3) is 0 Å². The Morgan fingerprint density at radius 1 is 0.652 bits per heavy atom. The number of hydrogen-bond donors (Lipinski definition) is 1. The van der Waals surface area contributed by atoms with Crippen molar-refractivity contribution in [3.8, 4) is 0 Å². The number of unbranched alkanes of at least 4 members (excludes halogenated alkanes) is 11. The summed E-state index contributed by atoms with van der Waals surface area (Å²) in [5.41, 5.74) is 0. The molecule has 0 unspecified atom stereocenters. The van der Waals surface area contributed by atoms with Crippen molar-refractivity contribution >= 4 is 5.97 Å². The number of carbonyl (C=O) groups is 1. The highest BCUT2D eigenvalue weighted by atomic mass is 16.4. The molecule has 0 aliphatic heterocycles. The zero-order chi connectivity index (χ0) is 16.6. The molecule has 130 valence electrons. The van der Waals surface area contributed by atoms with Crippen molar-refractivity contribution in [2.75, 3.05) is 0 Å². The van der Waals surface area contributed by atoms with Crippen molar-refractivity contribution in [2.45, 2.75) is 90.0 Å². The summed E-state index contributed by atoms with van der Waals surface area (Å²) >= 11 is 0. The van der Waals surface area contributed by atoms with Gasteiger partial charge in [0, 0.05) is 25.0 Å². The van der Waals surface area contributed by atoms with Gasteiger partial charge < -0.3 is 5.11 Å². The summed E-state index contributed by atoms with van der Waals surface area (Å²) in [6, 6.07) is 6.24. The smallest absolute Gasteiger partial charge is 0.303 e. The lowest BCUT2D eigenvalue weighted by molar-refractivity contribution is -0.697. The molecule has 1 aromatic heterocycles. The van der Waals surface area contributed by atoms with E-state index in [1.807, 2.05) is 0 Å². The molecule has 1 rings (SSSR count). The van der Waals surface area contributed by atoms with Crippen molar-refractivity contribution in [2.24, 2.45) is 0 Å². The monoisotopic (exact) mass is 320 g/mol. The first-order valence-corrected chi connectivity index (χ1v) is 9.45. The minimum atomic E-state index is -0.660. The number of carboxylic acids is 1. The molecule has 0 bridgehead atoms. The van der Waals surface area contributed by atoms with E-state index in [9.17, 15) is 4.79 Å². The lowest BCUT2D eigenvalue weighted by Gasteiger charge is -2.02. The summed E-state index contributed by atoms with van der Waals surface area (Å²) in [5.74, 6) is -0.660. The summed E-state index contributed by atoms with van der Waals surface area (Å²) in [5, 5.41) is 8.55. The van der Waals surface area contributed by atoms with Crippen LogP contribution in [-0.4, -0.2) is 11.1 Å². The Morgan fingerprint density at radius 3 is 1.57 bits per heavy atom. The van der Waals surface area contributed by atoms with E-state index in [0.29, 0.717) is 6.42 Å². The molecule has 0 aliphatic rings. The van der Waals surface area contributed by atoms with Gasteiger partial charge in [0.1, 0.15) is 6.54 Å². The molecule has 1 heterocycles. The molecule has 1 aromatic rings. The molecule has 0 amide bonds. The summed E-state index contributed by atoms with van der Waals surface area (Å²) in [6.45, 7) is 1.14. The standard InChI is InChI=1S/C20H33NO2/c22-20(23)16-12-9-7-5-3-1-2-4-6-8-10-13-17-21-18-14-11-15-19-21/h11,14-15,18-19H,1-10,12-13,16-17H2/p+1. The molecule has 0 atom stereocenters. The zero-order valence-electron chi connectivity index (χ0n) is 14.6. The van der Waals surface area contributed by atoms with Crippen molar-refractivity contribution in [1.29, 1.82) is 0 Å². The summed E-state index contributed by atoms with van der Waals surface area (Å²) < 4.78 is 2.26. The van der Waals surface area contributed by atoms with Crippen LogP contribution >= 0.6 is 0 Å². The van der Waals surface area contributed by atoms with E-state index in [-0.39, 0.29) is 0 Å². The lowest BCUT2D eigenvalue weighted by atomic mass is 10.0. The Hall–Kier alpha value is -1.38. The summed E-state index contributed by atoms with van der Waals surface area (Å²) in [6.07, 6.45) is 19.8. The maximum Gasteiger partial charge on any atom is 0.303 e. The third-order valence-corrected chi connectivity index (χ3v) is 4.33. The third-order valence-electron chi connectivity index (χ3n) is 4.33. The van der Waals surface area contributed by atoms with Crippen molar-refractivity contribution in [1.82, 2.24) is 0 Å². The van der Waals surface area contributed by atoms with Gasteiger partial charge >= 0.3 is 5.97 Å². The lowest BCUT2D eigenvalue weighted by Crippen LogP contribution is -2.32. The number of aliphatic carboxylic acids is 1. The van der Waals surface area contributed by atoms with Crippen molar-refractivity contribution in [3.05, 3.63) is 30.6 Å². The van der Waals surface area contributed by atoms with Crippen LogP contribution in [0.25, 0.3) is 0 Å². The summed E-state index contributed by atoms with van der Waals surface area (Å²) in [4.78, 5) is 10.4. The quantitative estimate of drug-likeness (QED) is 0.359. The van der Waals surface area contributed by atoms with Crippen LogP contribution in [0.3, 0.4) is 0 Å². The third kappa shape index (κ3) is 12.8. The SMILES string of the molecule is O=C(O)CCCCCCCCCCCCCC[n+]1ccccc1. The molecular formula is C20H34NO2+. The second-order valence-electron chi connectivity index (χ2n) is 6.50. The maximum atomic E-state index is 10.4. The Bertz CT molecular complexity index is 392. The number of aryl methyl sites for hydroxylation is 1. The van der Waals surface area contributed by atoms with E-state index >= 15 is 0 Å². The number of rotatable bonds is 15. The van der Waals surface area contributed by atoms with E-state index in [0.717, 1.165) is 19.4 Å². The highest BCUT2D eigenvalue weighted by Gasteiger charge is 1.98. The largest absolute Gasteiger partial charge is 0.481 e. The predicted molar refractivity (Wildman–Crippen MR) is 94.3 cm³/mol. The fourth-order valence-electron chi connectivity index (χ4n) is 2.92. The molecule has 0 fully saturated rings. The topological polar surface area (TPSA) is 41.2 Å². The minimum absolute atomic E-state index is 0.336. The first-order chi connectivity index (χ1) is 11.3. The van der Waals surface area contributed by atoms with Gasteiger partial charge in [-0.05, 0) is 12.8 Å². The normalized spacial score (nSPS) is 10.8. The van der Waals surface area contributed by atoms with Crippen LogP contribution in [-0.2, 0) is 11.3 Å². The average Bonchev–Trinajstić information content (AvgIpc) is 2.56. The fraction of sp³-hybridized carbons (Fsp3) is 0.700. The summed E-state index contributed by atoms with van der Waals surface area (Å²) in [7, 11) is 0. The van der Waals surface area contributed by atoms with Crippen LogP contribution in [0.4, 0.5) is 0 Å². The maximum absolute atomic E-state index is 10.4. The van der Waals surface area contributed by atoms with Gasteiger partial charge in [-0.1, -0.05) is 63.9 Å². The highest BCUT2D eigenvalue weighted by molar-refractivity contribution is 5.66. The number of hydrogen-bond acceptors (Lipinski definition) is 1. The van der Waals surface area contributed by atoms with Crippen molar-refractivity contribution < 1.29 is 14.5 Å². The molecule has 3 heteroatoms. The molecule has 0 spiro atoms. The number of nitrogens with zero attached hydrogens (tertiary/aromatic N) is 1. The first kappa shape index (κ1) is 19.7. The first-order valence-electron chi connectivity index (χ1n) is 9.45. The van der Waals surface area contributed by atoms with Crippen molar-refractivity contribution in [3.63, 3.8) is 0 Å². The molecule has 0 saturated carbocycles. The second kappa shape index (κ2) is 14.2. The highest BCUT2D eigenvalue weighted by Crippen LogP contribution is 2.12. The van der Waals surface area contributed by atoms with Crippen LogP contribution in [0.5, 0.6) is 0 Å². The Morgan fingerprint density at radius 2 is 1.09 bits per heavy atom. The van der Waals surface area contributed by atoms with Crippen LogP contribution in [0, 0.1) is 0 Å². The Labute approximate surface area is 141 Å². The fourth-order valence-corrected chi connectivity index (χ4v) is 2.92. The van der Waals surface area contributed by atoms with Gasteiger partial charge in [-0.15, -0.1) is 0 Å². The van der Waals surface area contributed by atoms with E-state index in [4.69, 9.17) is 5.11 Å². The van der Waals surface area contributed by atoms with Gasteiger partial charge in [-0.25, -0.2) is 4.57 Å². The minimum Gasteiger partial charge on any atom is -0.481 e. The Balaban J connectivity index is 1.74. The van der Waals surface area contributed by atoms with Gasteiger partial charge in [-0.2, -0.15) is 0 Å².